The molecule has 0 saturated heterocycles. The third-order valence-electron chi connectivity index (χ3n) is 2.81. The monoisotopic (exact) mass is 217 g/mol. The molecule has 0 aliphatic heterocycles. The normalized spacial score (nSPS) is 17.4. The number of nitrogens with one attached hydrogen (secondary N) is 1. The molecule has 0 aromatic rings. The molecule has 0 heterocycles. The predicted octanol–water partition coefficient (Wildman–Crippen LogP) is 1.94. The number of rotatable bonds is 9. The second-order valence-corrected chi connectivity index (χ2v) is 4.53. The van der Waals surface area contributed by atoms with E-state index in [1.807, 2.05) is 13.8 Å². The van der Waals surface area contributed by atoms with Gasteiger partial charge >= 0.3 is 0 Å². The topological polar surface area (TPSA) is 41.5 Å². The predicted molar refractivity (Wildman–Crippen MR) is 64.1 cm³/mol. The number of methoxy groups -OCH3 is 1. The zero-order valence-electron chi connectivity index (χ0n) is 10.7. The number of hydrogen-bond acceptors (Lipinski definition) is 3. The Morgan fingerprint density at radius 2 is 2.07 bits per heavy atom. The summed E-state index contributed by atoms with van der Waals surface area (Å²) in [5.41, 5.74) is -0.599. The summed E-state index contributed by atoms with van der Waals surface area (Å²) in [5.74, 6) is 0. The lowest BCUT2D eigenvalue weighted by Gasteiger charge is -2.26. The van der Waals surface area contributed by atoms with Gasteiger partial charge in [-0.15, -0.1) is 0 Å². The lowest BCUT2D eigenvalue weighted by molar-refractivity contribution is 0.0474. The highest BCUT2D eigenvalue weighted by atomic mass is 16.5. The Hall–Kier alpha value is -0.120. The lowest BCUT2D eigenvalue weighted by Crippen LogP contribution is -2.43. The van der Waals surface area contributed by atoms with E-state index in [0.717, 1.165) is 19.4 Å². The van der Waals surface area contributed by atoms with Gasteiger partial charge in [-0.3, -0.25) is 0 Å². The molecule has 0 aromatic carbocycles. The van der Waals surface area contributed by atoms with Gasteiger partial charge in [0, 0.05) is 19.7 Å². The largest absolute Gasteiger partial charge is 0.389 e. The first-order valence-electron chi connectivity index (χ1n) is 6.00. The Morgan fingerprint density at radius 1 is 1.40 bits per heavy atom. The van der Waals surface area contributed by atoms with Crippen LogP contribution in [0.25, 0.3) is 0 Å². The summed E-state index contributed by atoms with van der Waals surface area (Å²) in [6.07, 6.45) is 4.29. The van der Waals surface area contributed by atoms with Crippen LogP contribution in [0.4, 0.5) is 0 Å². The van der Waals surface area contributed by atoms with Crippen LogP contribution >= 0.6 is 0 Å². The fourth-order valence-corrected chi connectivity index (χ4v) is 1.39. The molecule has 0 spiro atoms. The fraction of sp³-hybridized carbons (Fsp3) is 1.00. The van der Waals surface area contributed by atoms with E-state index in [-0.39, 0.29) is 0 Å². The Kier molecular flexibility index (Phi) is 8.02. The summed E-state index contributed by atoms with van der Waals surface area (Å²) in [6.45, 7) is 7.41. The van der Waals surface area contributed by atoms with Gasteiger partial charge in [0.25, 0.3) is 0 Å². The maximum Gasteiger partial charge on any atom is 0.0741 e. The Balaban J connectivity index is 3.83. The third-order valence-corrected chi connectivity index (χ3v) is 2.81. The van der Waals surface area contributed by atoms with Gasteiger partial charge in [-0.1, -0.05) is 26.7 Å². The molecule has 0 aliphatic rings. The average molecular weight is 217 g/mol. The zero-order chi connectivity index (χ0) is 11.7. The van der Waals surface area contributed by atoms with Crippen LogP contribution in [0.2, 0.25) is 0 Å². The zero-order valence-corrected chi connectivity index (χ0v) is 10.7. The second-order valence-electron chi connectivity index (χ2n) is 4.53. The van der Waals surface area contributed by atoms with Crippen molar-refractivity contribution in [1.82, 2.24) is 5.32 Å². The van der Waals surface area contributed by atoms with Crippen LogP contribution in [-0.2, 0) is 4.74 Å². The molecule has 3 heteroatoms. The van der Waals surface area contributed by atoms with E-state index < -0.39 is 5.60 Å². The first kappa shape index (κ1) is 14.9. The summed E-state index contributed by atoms with van der Waals surface area (Å²) in [6, 6.07) is 0.368. The fourth-order valence-electron chi connectivity index (χ4n) is 1.39. The van der Waals surface area contributed by atoms with Crippen molar-refractivity contribution in [3.05, 3.63) is 0 Å². The van der Waals surface area contributed by atoms with Crippen molar-refractivity contribution in [3.63, 3.8) is 0 Å². The Morgan fingerprint density at radius 3 is 2.53 bits per heavy atom. The van der Waals surface area contributed by atoms with Gasteiger partial charge in [0.05, 0.1) is 12.2 Å². The van der Waals surface area contributed by atoms with Crippen molar-refractivity contribution in [1.29, 1.82) is 0 Å². The van der Waals surface area contributed by atoms with E-state index in [1.165, 1.54) is 12.8 Å². The smallest absolute Gasteiger partial charge is 0.0741 e. The molecule has 3 nitrogen and oxygen atoms in total. The molecule has 0 rings (SSSR count). The van der Waals surface area contributed by atoms with Gasteiger partial charge in [-0.2, -0.15) is 0 Å². The molecule has 0 amide bonds. The minimum Gasteiger partial charge on any atom is -0.389 e. The maximum absolute atomic E-state index is 9.86. The number of unbranched alkanes of at least 4 members (excludes halogenated alkanes) is 1. The van der Waals surface area contributed by atoms with Gasteiger partial charge in [0.2, 0.25) is 0 Å². The minimum atomic E-state index is -0.599. The van der Waals surface area contributed by atoms with Crippen LogP contribution in [0, 0.1) is 0 Å². The molecule has 2 atom stereocenters. The van der Waals surface area contributed by atoms with Gasteiger partial charge < -0.3 is 15.2 Å². The van der Waals surface area contributed by atoms with E-state index in [1.54, 1.807) is 7.11 Å². The molecule has 15 heavy (non-hydrogen) atoms. The van der Waals surface area contributed by atoms with Crippen LogP contribution in [-0.4, -0.2) is 37.0 Å². The number of hydrogen-bond donors (Lipinski definition) is 2. The molecular formula is C12H27NO2. The molecule has 0 bridgehead atoms. The van der Waals surface area contributed by atoms with Gasteiger partial charge in [0.15, 0.2) is 0 Å². The second kappa shape index (κ2) is 8.08. The van der Waals surface area contributed by atoms with E-state index in [4.69, 9.17) is 4.74 Å². The minimum absolute atomic E-state index is 0.368. The molecule has 92 valence electrons. The van der Waals surface area contributed by atoms with Gasteiger partial charge in [0.1, 0.15) is 0 Å². The highest BCUT2D eigenvalue weighted by molar-refractivity contribution is 4.77. The van der Waals surface area contributed by atoms with Crippen molar-refractivity contribution in [2.45, 2.75) is 58.1 Å². The van der Waals surface area contributed by atoms with Crippen LogP contribution in [0.15, 0.2) is 0 Å². The SMILES string of the molecule is CCCCC(COC)NCC(C)(O)CC. The third kappa shape index (κ3) is 7.77. The standard InChI is InChI=1S/C12H27NO2/c1-5-7-8-11(9-15-4)13-10-12(3,14)6-2/h11,13-14H,5-10H2,1-4H3. The first-order valence-corrected chi connectivity index (χ1v) is 6.00. The van der Waals surface area contributed by atoms with E-state index in [2.05, 4.69) is 12.2 Å². The first-order chi connectivity index (χ1) is 7.05. The van der Waals surface area contributed by atoms with Crippen molar-refractivity contribution in [3.8, 4) is 0 Å². The quantitative estimate of drug-likeness (QED) is 0.620. The Labute approximate surface area is 94.2 Å². The molecule has 2 unspecified atom stereocenters. The summed E-state index contributed by atoms with van der Waals surface area (Å²) in [5, 5.41) is 13.2. The van der Waals surface area contributed by atoms with Crippen molar-refractivity contribution in [2.24, 2.45) is 0 Å². The van der Waals surface area contributed by atoms with Crippen molar-refractivity contribution >= 4 is 0 Å². The Bertz CT molecular complexity index is 149. The van der Waals surface area contributed by atoms with Gasteiger partial charge in [-0.25, -0.2) is 0 Å². The van der Waals surface area contributed by atoms with Crippen LogP contribution < -0.4 is 5.32 Å². The van der Waals surface area contributed by atoms with E-state index in [9.17, 15) is 5.11 Å². The lowest BCUT2D eigenvalue weighted by atomic mass is 10.0. The molecule has 0 fully saturated rings. The summed E-state index contributed by atoms with van der Waals surface area (Å²) >= 11 is 0. The van der Waals surface area contributed by atoms with Crippen LogP contribution in [0.5, 0.6) is 0 Å². The van der Waals surface area contributed by atoms with Crippen LogP contribution in [0.3, 0.4) is 0 Å². The number of aliphatic hydroxyl groups is 1. The van der Waals surface area contributed by atoms with E-state index >= 15 is 0 Å². The number of ether oxygens (including phenoxy) is 1. The van der Waals surface area contributed by atoms with Crippen molar-refractivity contribution in [2.75, 3.05) is 20.3 Å². The summed E-state index contributed by atoms with van der Waals surface area (Å²) in [7, 11) is 1.72. The summed E-state index contributed by atoms with van der Waals surface area (Å²) < 4.78 is 5.16. The molecule has 0 aliphatic carbocycles. The molecule has 0 radical (unpaired) electrons. The highest BCUT2D eigenvalue weighted by Crippen LogP contribution is 2.08. The molecule has 0 aromatic heterocycles. The molecule has 2 N–H and O–H groups in total. The van der Waals surface area contributed by atoms with Crippen LogP contribution in [0.1, 0.15) is 46.5 Å². The molecule has 0 saturated carbocycles. The van der Waals surface area contributed by atoms with Crippen molar-refractivity contribution < 1.29 is 9.84 Å². The summed E-state index contributed by atoms with van der Waals surface area (Å²) in [4.78, 5) is 0. The highest BCUT2D eigenvalue weighted by Gasteiger charge is 2.19. The molecular weight excluding hydrogens is 190 g/mol. The maximum atomic E-state index is 9.86. The van der Waals surface area contributed by atoms with E-state index in [0.29, 0.717) is 12.6 Å². The average Bonchev–Trinajstić information content (AvgIpc) is 2.22. The van der Waals surface area contributed by atoms with Gasteiger partial charge in [-0.05, 0) is 19.8 Å².